The molecule has 0 aliphatic heterocycles. The van der Waals surface area contributed by atoms with Crippen LogP contribution in [0.25, 0.3) is 11.3 Å². The third kappa shape index (κ3) is 8.02. The van der Waals surface area contributed by atoms with Gasteiger partial charge in [0, 0.05) is 24.3 Å². The van der Waals surface area contributed by atoms with Crippen LogP contribution < -0.4 is 10.4 Å². The SMILES string of the molecule is CCn1c(CCCc2ccc(-c3cnc(NSCc4ccccc4)cn3)cc2)nn(Cc2ccc(C(C)(C)C)cc2)c1=O. The van der Waals surface area contributed by atoms with Gasteiger partial charge in [-0.25, -0.2) is 14.5 Å². The summed E-state index contributed by atoms with van der Waals surface area (Å²) < 4.78 is 6.66. The fraction of sp³-hybridized carbons (Fsp3) is 0.314. The third-order valence-corrected chi connectivity index (χ3v) is 8.32. The molecule has 3 aromatic carbocycles. The van der Waals surface area contributed by atoms with Crippen LogP contribution in [0.1, 0.15) is 62.2 Å². The number of nitrogens with zero attached hydrogens (tertiary/aromatic N) is 5. The minimum atomic E-state index is -0.0427. The van der Waals surface area contributed by atoms with Crippen LogP contribution in [0, 0.1) is 0 Å². The van der Waals surface area contributed by atoms with E-state index in [2.05, 4.69) is 96.1 Å². The molecule has 5 aromatic rings. The van der Waals surface area contributed by atoms with E-state index < -0.39 is 0 Å². The van der Waals surface area contributed by atoms with Crippen LogP contribution >= 0.6 is 11.9 Å². The molecule has 0 amide bonds. The van der Waals surface area contributed by atoms with Gasteiger partial charge < -0.3 is 4.72 Å². The first kappa shape index (κ1) is 30.3. The van der Waals surface area contributed by atoms with E-state index in [1.807, 2.05) is 25.1 Å². The molecule has 0 unspecified atom stereocenters. The average molecular weight is 593 g/mol. The summed E-state index contributed by atoms with van der Waals surface area (Å²) in [6.45, 7) is 9.72. The summed E-state index contributed by atoms with van der Waals surface area (Å²) in [7, 11) is 0. The first-order valence-electron chi connectivity index (χ1n) is 14.9. The number of hydrogen-bond acceptors (Lipinski definition) is 6. The molecule has 0 fully saturated rings. The van der Waals surface area contributed by atoms with Crippen molar-refractivity contribution in [3.05, 3.63) is 130 Å². The van der Waals surface area contributed by atoms with Gasteiger partial charge in [0.05, 0.1) is 24.6 Å². The van der Waals surface area contributed by atoms with Crippen LogP contribution in [0.15, 0.2) is 96.1 Å². The first-order chi connectivity index (χ1) is 20.8. The van der Waals surface area contributed by atoms with Gasteiger partial charge in [0.15, 0.2) is 5.82 Å². The Morgan fingerprint density at radius 2 is 1.53 bits per heavy atom. The van der Waals surface area contributed by atoms with Crippen molar-refractivity contribution < 1.29 is 0 Å². The zero-order chi connectivity index (χ0) is 30.2. The van der Waals surface area contributed by atoms with Gasteiger partial charge in [0.2, 0.25) is 0 Å². The molecule has 7 nitrogen and oxygen atoms in total. The fourth-order valence-corrected chi connectivity index (χ4v) is 5.65. The Hall–Kier alpha value is -4.17. The quantitative estimate of drug-likeness (QED) is 0.153. The fourth-order valence-electron chi connectivity index (χ4n) is 4.96. The summed E-state index contributed by atoms with van der Waals surface area (Å²) in [5, 5.41) is 4.72. The Balaban J connectivity index is 1.13. The molecule has 0 spiro atoms. The van der Waals surface area contributed by atoms with Gasteiger partial charge in [-0.05, 0) is 59.4 Å². The zero-order valence-corrected chi connectivity index (χ0v) is 26.3. The summed E-state index contributed by atoms with van der Waals surface area (Å²) in [5.41, 5.74) is 6.81. The second-order valence-corrected chi connectivity index (χ2v) is 12.5. The standard InChI is InChI=1S/C35H40N6OS/c1-5-40-33(38-41(34(40)42)24-27-16-20-30(21-17-27)35(2,3)4)13-9-12-26-14-18-29(19-15-26)31-22-37-32(23-36-31)39-43-25-28-10-7-6-8-11-28/h6-8,10-11,14-23H,5,9,12-13,24-25H2,1-4H3,(H,37,39). The maximum absolute atomic E-state index is 13.0. The van der Waals surface area contributed by atoms with E-state index in [1.165, 1.54) is 16.7 Å². The van der Waals surface area contributed by atoms with Crippen molar-refractivity contribution in [1.29, 1.82) is 0 Å². The molecule has 2 aromatic heterocycles. The number of anilines is 1. The summed E-state index contributed by atoms with van der Waals surface area (Å²) in [6, 6.07) is 27.3. The largest absolute Gasteiger partial charge is 0.346 e. The van der Waals surface area contributed by atoms with Crippen molar-refractivity contribution in [2.45, 2.75) is 71.2 Å². The van der Waals surface area contributed by atoms with Crippen molar-refractivity contribution in [3.8, 4) is 11.3 Å². The van der Waals surface area contributed by atoms with Crippen molar-refractivity contribution in [2.75, 3.05) is 4.72 Å². The summed E-state index contributed by atoms with van der Waals surface area (Å²) in [4.78, 5) is 22.2. The van der Waals surface area contributed by atoms with E-state index in [0.717, 1.165) is 53.5 Å². The second kappa shape index (κ2) is 13.9. The molecule has 1 N–H and O–H groups in total. The van der Waals surface area contributed by atoms with Crippen molar-refractivity contribution >= 4 is 17.8 Å². The van der Waals surface area contributed by atoms with Gasteiger partial charge in [0.25, 0.3) is 0 Å². The molecule has 2 heterocycles. The van der Waals surface area contributed by atoms with Gasteiger partial charge in [-0.1, -0.05) is 99.6 Å². The molecule has 43 heavy (non-hydrogen) atoms. The molecule has 5 rings (SSSR count). The molecule has 8 heteroatoms. The van der Waals surface area contributed by atoms with Crippen LogP contribution in [0.3, 0.4) is 0 Å². The number of nitrogens with one attached hydrogen (secondary N) is 1. The smallest absolute Gasteiger partial charge is 0.313 e. The van der Waals surface area contributed by atoms with E-state index >= 15 is 0 Å². The second-order valence-electron chi connectivity index (χ2n) is 11.8. The molecule has 222 valence electrons. The van der Waals surface area contributed by atoms with Crippen molar-refractivity contribution in [3.63, 3.8) is 0 Å². The molecule has 0 aliphatic rings. The third-order valence-electron chi connectivity index (χ3n) is 7.49. The van der Waals surface area contributed by atoms with E-state index in [0.29, 0.717) is 13.1 Å². The predicted molar refractivity (Wildman–Crippen MR) is 177 cm³/mol. The van der Waals surface area contributed by atoms with Crippen LogP contribution in [0.5, 0.6) is 0 Å². The van der Waals surface area contributed by atoms with E-state index in [4.69, 9.17) is 5.10 Å². The first-order valence-corrected chi connectivity index (χ1v) is 15.9. The molecule has 0 saturated carbocycles. The van der Waals surface area contributed by atoms with Gasteiger partial charge >= 0.3 is 5.69 Å². The maximum Gasteiger partial charge on any atom is 0.346 e. The number of aryl methyl sites for hydroxylation is 2. The zero-order valence-electron chi connectivity index (χ0n) is 25.5. The maximum atomic E-state index is 13.0. The molecule has 0 radical (unpaired) electrons. The lowest BCUT2D eigenvalue weighted by Gasteiger charge is -2.19. The Morgan fingerprint density at radius 1 is 0.814 bits per heavy atom. The number of rotatable bonds is 12. The molecule has 0 aliphatic carbocycles. The Labute approximate surface area is 258 Å². The highest BCUT2D eigenvalue weighted by Crippen LogP contribution is 2.23. The van der Waals surface area contributed by atoms with Gasteiger partial charge in [-0.2, -0.15) is 5.10 Å². The van der Waals surface area contributed by atoms with Crippen molar-refractivity contribution in [2.24, 2.45) is 0 Å². The van der Waals surface area contributed by atoms with Crippen molar-refractivity contribution in [1.82, 2.24) is 24.3 Å². The summed E-state index contributed by atoms with van der Waals surface area (Å²) >= 11 is 1.60. The van der Waals surface area contributed by atoms with Gasteiger partial charge in [-0.15, -0.1) is 0 Å². The molecule has 0 saturated heterocycles. The monoisotopic (exact) mass is 592 g/mol. The lowest BCUT2D eigenvalue weighted by Crippen LogP contribution is -2.25. The lowest BCUT2D eigenvalue weighted by molar-refractivity contribution is 0.588. The Bertz CT molecular complexity index is 1650. The van der Waals surface area contributed by atoms with E-state index in [9.17, 15) is 4.79 Å². The summed E-state index contributed by atoms with van der Waals surface area (Å²) in [6.07, 6.45) is 6.15. The van der Waals surface area contributed by atoms with Gasteiger partial charge in [0.1, 0.15) is 5.82 Å². The highest BCUT2D eigenvalue weighted by atomic mass is 32.2. The number of benzene rings is 3. The highest BCUT2D eigenvalue weighted by Gasteiger charge is 2.15. The van der Waals surface area contributed by atoms with E-state index in [-0.39, 0.29) is 11.1 Å². The minimum absolute atomic E-state index is 0.0427. The molecule has 0 atom stereocenters. The van der Waals surface area contributed by atoms with E-state index in [1.54, 1.807) is 33.6 Å². The van der Waals surface area contributed by atoms with Crippen LogP contribution in [0.2, 0.25) is 0 Å². The number of aromatic nitrogens is 5. The normalized spacial score (nSPS) is 11.5. The minimum Gasteiger partial charge on any atom is -0.313 e. The highest BCUT2D eigenvalue weighted by molar-refractivity contribution is 7.99. The number of hydrogen-bond donors (Lipinski definition) is 1. The lowest BCUT2D eigenvalue weighted by atomic mass is 9.87. The molecular weight excluding hydrogens is 552 g/mol. The molecular formula is C35H40N6OS. The van der Waals surface area contributed by atoms with Crippen LogP contribution in [0.4, 0.5) is 5.82 Å². The topological polar surface area (TPSA) is 77.6 Å². The average Bonchev–Trinajstić information content (AvgIpc) is 3.31. The predicted octanol–water partition coefficient (Wildman–Crippen LogP) is 7.30. The van der Waals surface area contributed by atoms with Crippen LogP contribution in [-0.2, 0) is 37.1 Å². The Morgan fingerprint density at radius 3 is 2.19 bits per heavy atom. The Kier molecular flexibility index (Phi) is 9.77. The molecule has 0 bridgehead atoms. The van der Waals surface area contributed by atoms with Gasteiger partial charge in [-0.3, -0.25) is 9.55 Å². The summed E-state index contributed by atoms with van der Waals surface area (Å²) in [5.74, 6) is 2.45. The van der Waals surface area contributed by atoms with Crippen LogP contribution in [-0.4, -0.2) is 24.3 Å².